The lowest BCUT2D eigenvalue weighted by molar-refractivity contribution is -0.122. The summed E-state index contributed by atoms with van der Waals surface area (Å²) < 4.78 is 1.73. The Kier molecular flexibility index (Phi) is 5.41. The van der Waals surface area contributed by atoms with Crippen LogP contribution in [0.4, 0.5) is 5.69 Å². The highest BCUT2D eigenvalue weighted by Crippen LogP contribution is 2.24. The van der Waals surface area contributed by atoms with Crippen molar-refractivity contribution in [1.82, 2.24) is 9.88 Å². The van der Waals surface area contributed by atoms with E-state index in [0.717, 1.165) is 0 Å². The number of carbonyl (C=O) groups excluding carboxylic acids is 2. The van der Waals surface area contributed by atoms with Crippen LogP contribution < -0.4 is 10.2 Å². The number of benzene rings is 2. The summed E-state index contributed by atoms with van der Waals surface area (Å²) in [5.74, 6) is -2.19. The molecule has 1 aliphatic rings. The number of amides is 2. The zero-order chi connectivity index (χ0) is 22.1. The van der Waals surface area contributed by atoms with Crippen molar-refractivity contribution in [1.29, 1.82) is 0 Å². The molecule has 1 fully saturated rings. The number of halogens is 1. The summed E-state index contributed by atoms with van der Waals surface area (Å²) >= 11 is 11.1. The second-order valence-corrected chi connectivity index (χ2v) is 7.41. The fourth-order valence-corrected chi connectivity index (χ4v) is 3.55. The van der Waals surface area contributed by atoms with Gasteiger partial charge >= 0.3 is 5.97 Å². The monoisotopic (exact) mass is 451 g/mol. The summed E-state index contributed by atoms with van der Waals surface area (Å²) in [6, 6.07) is 16.2. The van der Waals surface area contributed by atoms with Crippen molar-refractivity contribution in [3.05, 3.63) is 88.7 Å². The van der Waals surface area contributed by atoms with Gasteiger partial charge in [0.25, 0.3) is 11.8 Å². The minimum atomic E-state index is -1.02. The van der Waals surface area contributed by atoms with Crippen LogP contribution in [0.2, 0.25) is 5.02 Å². The molecule has 31 heavy (non-hydrogen) atoms. The van der Waals surface area contributed by atoms with E-state index in [1.807, 2.05) is 0 Å². The molecule has 4 rings (SSSR count). The molecule has 0 aliphatic carbocycles. The maximum atomic E-state index is 13.1. The molecular weight excluding hydrogens is 438 g/mol. The van der Waals surface area contributed by atoms with Gasteiger partial charge in [-0.2, -0.15) is 0 Å². The number of hydrogen-bond acceptors (Lipinski definition) is 4. The lowest BCUT2D eigenvalue weighted by Crippen LogP contribution is -2.54. The standard InChI is InChI=1S/C22H14ClN3O4S/c23-14-5-9-16(10-6-14)26-20(28)18(19(27)24-22(26)31)12-17-2-1-11-25(17)15-7-3-13(4-8-15)21(29)30/h1-12H,(H,29,30)(H,24,27,31)/b18-12+. The Bertz CT molecular complexity index is 1250. The molecule has 0 bridgehead atoms. The van der Waals surface area contributed by atoms with E-state index in [1.165, 1.54) is 23.1 Å². The SMILES string of the molecule is O=C1NC(=S)N(c2ccc(Cl)cc2)C(=O)/C1=C/c1cccn1-c1ccc(C(=O)O)cc1. The predicted molar refractivity (Wildman–Crippen MR) is 120 cm³/mol. The lowest BCUT2D eigenvalue weighted by atomic mass is 10.1. The van der Waals surface area contributed by atoms with Crippen LogP contribution in [0.3, 0.4) is 0 Å². The molecule has 7 nitrogen and oxygen atoms in total. The number of rotatable bonds is 4. The first-order valence-corrected chi connectivity index (χ1v) is 9.82. The molecule has 154 valence electrons. The van der Waals surface area contributed by atoms with E-state index < -0.39 is 17.8 Å². The summed E-state index contributed by atoms with van der Waals surface area (Å²) in [6.45, 7) is 0. The van der Waals surface area contributed by atoms with Gasteiger partial charge in [0.15, 0.2) is 5.11 Å². The van der Waals surface area contributed by atoms with Gasteiger partial charge in [0.1, 0.15) is 5.57 Å². The molecule has 0 radical (unpaired) electrons. The second-order valence-electron chi connectivity index (χ2n) is 6.59. The number of thiocarbonyl (C=S) groups is 1. The Morgan fingerprint density at radius 1 is 1.00 bits per heavy atom. The molecule has 0 saturated carbocycles. The molecule has 1 aromatic heterocycles. The molecule has 1 saturated heterocycles. The van der Waals surface area contributed by atoms with Crippen LogP contribution in [-0.2, 0) is 9.59 Å². The van der Waals surface area contributed by atoms with Crippen LogP contribution in [0.15, 0.2) is 72.4 Å². The van der Waals surface area contributed by atoms with Gasteiger partial charge in [-0.05, 0) is 79.0 Å². The molecule has 2 aromatic carbocycles. The number of carboxylic acid groups (broad SMARTS) is 1. The third kappa shape index (κ3) is 3.98. The van der Waals surface area contributed by atoms with Gasteiger partial charge < -0.3 is 9.67 Å². The van der Waals surface area contributed by atoms with E-state index >= 15 is 0 Å². The average molecular weight is 452 g/mol. The van der Waals surface area contributed by atoms with Crippen molar-refractivity contribution in [2.45, 2.75) is 0 Å². The zero-order valence-electron chi connectivity index (χ0n) is 15.8. The van der Waals surface area contributed by atoms with E-state index in [1.54, 1.807) is 59.3 Å². The van der Waals surface area contributed by atoms with E-state index in [9.17, 15) is 14.4 Å². The number of nitrogens with zero attached hydrogens (tertiary/aromatic N) is 2. The molecule has 0 unspecified atom stereocenters. The number of nitrogens with one attached hydrogen (secondary N) is 1. The van der Waals surface area contributed by atoms with Gasteiger partial charge in [-0.15, -0.1) is 0 Å². The average Bonchev–Trinajstić information content (AvgIpc) is 3.20. The van der Waals surface area contributed by atoms with E-state index in [-0.39, 0.29) is 16.2 Å². The Balaban J connectivity index is 1.71. The highest BCUT2D eigenvalue weighted by Gasteiger charge is 2.34. The number of anilines is 1. The van der Waals surface area contributed by atoms with Crippen molar-refractivity contribution < 1.29 is 19.5 Å². The topological polar surface area (TPSA) is 91.6 Å². The number of hydrogen-bond donors (Lipinski definition) is 2. The molecule has 3 aromatic rings. The lowest BCUT2D eigenvalue weighted by Gasteiger charge is -2.29. The summed E-state index contributed by atoms with van der Waals surface area (Å²) in [7, 11) is 0. The molecule has 2 N–H and O–H groups in total. The van der Waals surface area contributed by atoms with Crippen molar-refractivity contribution >= 4 is 58.5 Å². The number of carbonyl (C=O) groups is 3. The van der Waals surface area contributed by atoms with Crippen LogP contribution in [0, 0.1) is 0 Å². The number of carboxylic acids is 1. The molecule has 2 heterocycles. The number of aromatic carboxylic acids is 1. The number of aromatic nitrogens is 1. The summed E-state index contributed by atoms with van der Waals surface area (Å²) in [6.07, 6.45) is 3.21. The third-order valence-electron chi connectivity index (χ3n) is 4.65. The van der Waals surface area contributed by atoms with Crippen molar-refractivity contribution in [2.24, 2.45) is 0 Å². The minimum absolute atomic E-state index is 0.0193. The largest absolute Gasteiger partial charge is 0.478 e. The molecule has 1 aliphatic heterocycles. The first-order valence-electron chi connectivity index (χ1n) is 9.03. The predicted octanol–water partition coefficient (Wildman–Crippen LogP) is 3.66. The van der Waals surface area contributed by atoms with Gasteiger partial charge in [0, 0.05) is 22.6 Å². The Hall–Kier alpha value is -3.75. The van der Waals surface area contributed by atoms with Gasteiger partial charge in [0.2, 0.25) is 0 Å². The Labute approximate surface area is 187 Å². The summed E-state index contributed by atoms with van der Waals surface area (Å²) in [5.41, 5.74) is 1.78. The highest BCUT2D eigenvalue weighted by atomic mass is 35.5. The molecule has 0 atom stereocenters. The summed E-state index contributed by atoms with van der Waals surface area (Å²) in [5, 5.41) is 12.1. The zero-order valence-corrected chi connectivity index (χ0v) is 17.4. The minimum Gasteiger partial charge on any atom is -0.478 e. The van der Waals surface area contributed by atoms with Gasteiger partial charge in [0.05, 0.1) is 11.3 Å². The maximum absolute atomic E-state index is 13.1. The van der Waals surface area contributed by atoms with Crippen LogP contribution >= 0.6 is 23.8 Å². The van der Waals surface area contributed by atoms with E-state index in [2.05, 4.69) is 5.32 Å². The Morgan fingerprint density at radius 3 is 2.29 bits per heavy atom. The second kappa shape index (κ2) is 8.17. The highest BCUT2D eigenvalue weighted by molar-refractivity contribution is 7.80. The third-order valence-corrected chi connectivity index (χ3v) is 5.19. The maximum Gasteiger partial charge on any atom is 0.335 e. The van der Waals surface area contributed by atoms with Gasteiger partial charge in [-0.3, -0.25) is 19.8 Å². The van der Waals surface area contributed by atoms with Crippen molar-refractivity contribution in [3.63, 3.8) is 0 Å². The quantitative estimate of drug-likeness (QED) is 0.359. The normalized spacial score (nSPS) is 15.3. The van der Waals surface area contributed by atoms with Crippen LogP contribution in [-0.4, -0.2) is 32.6 Å². The molecule has 9 heteroatoms. The molecular formula is C22H14ClN3O4S. The van der Waals surface area contributed by atoms with Gasteiger partial charge in [-0.1, -0.05) is 11.6 Å². The van der Waals surface area contributed by atoms with Crippen LogP contribution in [0.25, 0.3) is 11.8 Å². The fourth-order valence-electron chi connectivity index (χ4n) is 3.14. The summed E-state index contributed by atoms with van der Waals surface area (Å²) in [4.78, 5) is 38.0. The smallest absolute Gasteiger partial charge is 0.335 e. The Morgan fingerprint density at radius 2 is 1.65 bits per heavy atom. The van der Waals surface area contributed by atoms with Crippen molar-refractivity contribution in [2.75, 3.05) is 4.90 Å². The van der Waals surface area contributed by atoms with E-state index in [0.29, 0.717) is 22.1 Å². The first kappa shape index (κ1) is 20.5. The first-order chi connectivity index (χ1) is 14.8. The molecule has 2 amide bonds. The van der Waals surface area contributed by atoms with E-state index in [4.69, 9.17) is 28.9 Å². The fraction of sp³-hybridized carbons (Fsp3) is 0. The van der Waals surface area contributed by atoms with Crippen LogP contribution in [0.1, 0.15) is 16.1 Å². The van der Waals surface area contributed by atoms with Crippen molar-refractivity contribution in [3.8, 4) is 5.69 Å². The van der Waals surface area contributed by atoms with Crippen LogP contribution in [0.5, 0.6) is 0 Å². The van der Waals surface area contributed by atoms with Gasteiger partial charge in [-0.25, -0.2) is 4.79 Å². The molecule has 0 spiro atoms.